The molecule has 0 saturated carbocycles. The molecule has 0 fully saturated rings. The lowest BCUT2D eigenvalue weighted by Crippen LogP contribution is -2.55. The Hall–Kier alpha value is -3.14. The molecule has 0 aliphatic rings. The largest absolute Gasteiger partial charge is 0.467 e. The fraction of sp³-hybridized carbons (Fsp3) is 0.524. The fourth-order valence-corrected chi connectivity index (χ4v) is 2.63. The average molecular weight is 437 g/mol. The number of nitrogens with one attached hydrogen (secondary N) is 2. The Balaban J connectivity index is 2.75. The Labute approximate surface area is 181 Å². The van der Waals surface area contributed by atoms with E-state index in [4.69, 9.17) is 4.74 Å². The molecule has 0 bridgehead atoms. The summed E-state index contributed by atoms with van der Waals surface area (Å²) in [5.74, 6) is -2.03. The lowest BCUT2D eigenvalue weighted by molar-refractivity contribution is -0.150. The highest BCUT2D eigenvalue weighted by molar-refractivity contribution is 5.92. The Morgan fingerprint density at radius 2 is 1.55 bits per heavy atom. The highest BCUT2D eigenvalue weighted by atomic mass is 16.6. The van der Waals surface area contributed by atoms with Gasteiger partial charge in [0.1, 0.15) is 24.7 Å². The molecule has 0 radical (unpaired) electrons. The maximum atomic E-state index is 12.7. The van der Waals surface area contributed by atoms with E-state index < -0.39 is 42.0 Å². The molecule has 1 aromatic rings. The zero-order valence-electron chi connectivity index (χ0n) is 18.5. The summed E-state index contributed by atoms with van der Waals surface area (Å²) >= 11 is 0. The van der Waals surface area contributed by atoms with Crippen molar-refractivity contribution < 1.29 is 33.9 Å². The molecule has 10 nitrogen and oxygen atoms in total. The number of ether oxygens (including phenoxy) is 2. The highest BCUT2D eigenvalue weighted by Gasteiger charge is 2.33. The van der Waals surface area contributed by atoms with Crippen molar-refractivity contribution in [2.75, 3.05) is 7.11 Å². The molecular weight excluding hydrogens is 406 g/mol. The quantitative estimate of drug-likeness (QED) is 0.288. The lowest BCUT2D eigenvalue weighted by Gasteiger charge is -2.27. The van der Waals surface area contributed by atoms with Gasteiger partial charge < -0.3 is 20.1 Å². The molecule has 3 amide bonds. The minimum atomic E-state index is -1.27. The van der Waals surface area contributed by atoms with Crippen molar-refractivity contribution in [2.45, 2.75) is 58.8 Å². The molecule has 3 atom stereocenters. The molecule has 3 N–H and O–H groups in total. The van der Waals surface area contributed by atoms with Crippen LogP contribution in [0.15, 0.2) is 30.3 Å². The number of hydrogen-bond donors (Lipinski definition) is 3. The molecule has 0 saturated heterocycles. The van der Waals surface area contributed by atoms with Crippen molar-refractivity contribution in [1.82, 2.24) is 15.7 Å². The standard InChI is InChI=1S/C21H31N3O7/c1-13(2)11-17(24(29)21(28)31-12-16-9-7-6-8-10-16)19(26)22-14(3)18(25)23-15(4)20(27)30-5/h6-10,13-15,17,29H,11-12H2,1-5H3,(H,22,26)(H,23,25)/t14-,15-,17+/m0/s1. The molecule has 0 unspecified atom stereocenters. The second-order valence-electron chi connectivity index (χ2n) is 7.51. The summed E-state index contributed by atoms with van der Waals surface area (Å²) in [7, 11) is 1.19. The zero-order valence-corrected chi connectivity index (χ0v) is 18.5. The fourth-order valence-electron chi connectivity index (χ4n) is 2.63. The van der Waals surface area contributed by atoms with Crippen molar-refractivity contribution >= 4 is 23.9 Å². The van der Waals surface area contributed by atoms with Crippen LogP contribution in [0.25, 0.3) is 0 Å². The monoisotopic (exact) mass is 437 g/mol. The predicted molar refractivity (Wildman–Crippen MR) is 111 cm³/mol. The van der Waals surface area contributed by atoms with E-state index in [2.05, 4.69) is 15.4 Å². The normalized spacial score (nSPS) is 13.5. The van der Waals surface area contributed by atoms with Gasteiger partial charge in [-0.2, -0.15) is 5.06 Å². The number of nitrogens with zero attached hydrogens (tertiary/aromatic N) is 1. The van der Waals surface area contributed by atoms with E-state index in [0.717, 1.165) is 5.56 Å². The number of carbonyl (C=O) groups is 4. The van der Waals surface area contributed by atoms with Gasteiger partial charge in [0.25, 0.3) is 0 Å². The molecule has 1 rings (SSSR count). The number of methoxy groups -OCH3 is 1. The minimum absolute atomic E-state index is 0.0456. The van der Waals surface area contributed by atoms with Crippen LogP contribution in [0.5, 0.6) is 0 Å². The molecule has 172 valence electrons. The van der Waals surface area contributed by atoms with Gasteiger partial charge in [-0.25, -0.2) is 9.59 Å². The van der Waals surface area contributed by atoms with Crippen LogP contribution >= 0.6 is 0 Å². The third kappa shape index (κ3) is 8.63. The van der Waals surface area contributed by atoms with E-state index >= 15 is 0 Å². The van der Waals surface area contributed by atoms with E-state index in [1.807, 2.05) is 19.9 Å². The van der Waals surface area contributed by atoms with Gasteiger partial charge in [0.15, 0.2) is 0 Å². The van der Waals surface area contributed by atoms with Crippen molar-refractivity contribution in [3.8, 4) is 0 Å². The van der Waals surface area contributed by atoms with Crippen LogP contribution in [0.3, 0.4) is 0 Å². The third-order valence-corrected chi connectivity index (χ3v) is 4.35. The molecule has 0 aromatic heterocycles. The van der Waals surface area contributed by atoms with Gasteiger partial charge in [0.2, 0.25) is 11.8 Å². The summed E-state index contributed by atoms with van der Waals surface area (Å²) in [4.78, 5) is 48.6. The van der Waals surface area contributed by atoms with Crippen LogP contribution in [-0.2, 0) is 30.5 Å². The molecule has 0 aliphatic heterocycles. The Morgan fingerprint density at radius 3 is 2.10 bits per heavy atom. The summed E-state index contributed by atoms with van der Waals surface area (Å²) < 4.78 is 9.61. The summed E-state index contributed by atoms with van der Waals surface area (Å²) in [5, 5.41) is 15.4. The maximum absolute atomic E-state index is 12.7. The summed E-state index contributed by atoms with van der Waals surface area (Å²) in [6.07, 6.45) is -0.948. The summed E-state index contributed by atoms with van der Waals surface area (Å²) in [5.41, 5.74) is 0.721. The van der Waals surface area contributed by atoms with Gasteiger partial charge in [-0.3, -0.25) is 14.8 Å². The second kappa shape index (κ2) is 12.5. The van der Waals surface area contributed by atoms with Crippen molar-refractivity contribution in [3.63, 3.8) is 0 Å². The van der Waals surface area contributed by atoms with Crippen LogP contribution in [0.1, 0.15) is 39.7 Å². The van der Waals surface area contributed by atoms with Crippen molar-refractivity contribution in [3.05, 3.63) is 35.9 Å². The van der Waals surface area contributed by atoms with E-state index in [1.54, 1.807) is 24.3 Å². The smallest absolute Gasteiger partial charge is 0.434 e. The van der Waals surface area contributed by atoms with Crippen LogP contribution in [0.2, 0.25) is 0 Å². The van der Waals surface area contributed by atoms with Gasteiger partial charge >= 0.3 is 12.1 Å². The van der Waals surface area contributed by atoms with E-state index in [1.165, 1.54) is 21.0 Å². The number of hydroxylamine groups is 2. The molecule has 31 heavy (non-hydrogen) atoms. The van der Waals surface area contributed by atoms with Crippen LogP contribution in [0, 0.1) is 5.92 Å². The molecule has 1 aromatic carbocycles. The number of carbonyl (C=O) groups excluding carboxylic acids is 4. The number of rotatable bonds is 10. The molecule has 0 spiro atoms. The molecule has 10 heteroatoms. The maximum Gasteiger partial charge on any atom is 0.434 e. The van der Waals surface area contributed by atoms with Crippen LogP contribution in [0.4, 0.5) is 4.79 Å². The Bertz CT molecular complexity index is 755. The Kier molecular flexibility index (Phi) is 10.5. The van der Waals surface area contributed by atoms with Gasteiger partial charge in [0, 0.05) is 0 Å². The second-order valence-corrected chi connectivity index (χ2v) is 7.51. The lowest BCUT2D eigenvalue weighted by atomic mass is 10.0. The Morgan fingerprint density at radius 1 is 0.968 bits per heavy atom. The number of benzene rings is 1. The first-order chi connectivity index (χ1) is 14.6. The van der Waals surface area contributed by atoms with Crippen LogP contribution < -0.4 is 10.6 Å². The molecule has 0 heterocycles. The average Bonchev–Trinajstić information content (AvgIpc) is 2.74. The van der Waals surface area contributed by atoms with Gasteiger partial charge in [-0.05, 0) is 31.7 Å². The number of esters is 1. The minimum Gasteiger partial charge on any atom is -0.467 e. The van der Waals surface area contributed by atoms with E-state index in [-0.39, 0.29) is 24.0 Å². The van der Waals surface area contributed by atoms with Crippen molar-refractivity contribution in [2.24, 2.45) is 5.92 Å². The summed E-state index contributed by atoms with van der Waals surface area (Å²) in [6.45, 7) is 6.42. The number of amides is 3. The zero-order chi connectivity index (χ0) is 23.6. The van der Waals surface area contributed by atoms with E-state index in [9.17, 15) is 24.4 Å². The third-order valence-electron chi connectivity index (χ3n) is 4.35. The first-order valence-corrected chi connectivity index (χ1v) is 9.94. The van der Waals surface area contributed by atoms with Gasteiger partial charge in [-0.1, -0.05) is 44.2 Å². The topological polar surface area (TPSA) is 134 Å². The first-order valence-electron chi connectivity index (χ1n) is 9.94. The van der Waals surface area contributed by atoms with Crippen LogP contribution in [-0.4, -0.2) is 59.4 Å². The highest BCUT2D eigenvalue weighted by Crippen LogP contribution is 2.13. The SMILES string of the molecule is COC(=O)[C@H](C)NC(=O)[C@H](C)NC(=O)[C@@H](CC(C)C)N(O)C(=O)OCc1ccccc1. The molecule has 0 aliphatic carbocycles. The van der Waals surface area contributed by atoms with Crippen molar-refractivity contribution in [1.29, 1.82) is 0 Å². The van der Waals surface area contributed by atoms with Gasteiger partial charge in [-0.15, -0.1) is 0 Å². The molecular formula is C21H31N3O7. The number of hydrogen-bond acceptors (Lipinski definition) is 7. The van der Waals surface area contributed by atoms with Gasteiger partial charge in [0.05, 0.1) is 7.11 Å². The van der Waals surface area contributed by atoms with E-state index in [0.29, 0.717) is 0 Å². The first kappa shape index (κ1) is 25.9. The predicted octanol–water partition coefficient (Wildman–Crippen LogP) is 1.61. The summed E-state index contributed by atoms with van der Waals surface area (Å²) in [6, 6.07) is 5.69.